The van der Waals surface area contributed by atoms with Gasteiger partial charge in [0, 0.05) is 31.1 Å². The second kappa shape index (κ2) is 9.56. The standard InChI is InChI=1S/C25H25N3O5S/c1-14-23(24(29)28(2)3)34-25(26-14)27-18-13-21(15-7-9-20(31-5)22(11-15)32-6)33-19-10-8-16(30-4)12-17(18)19/h7-13H,1-6H3. The van der Waals surface area contributed by atoms with Crippen molar-refractivity contribution < 1.29 is 23.4 Å². The van der Waals surface area contributed by atoms with Crippen LogP contribution in [0.15, 0.2) is 51.9 Å². The van der Waals surface area contributed by atoms with Crippen LogP contribution in [0.1, 0.15) is 15.4 Å². The Kier molecular flexibility index (Phi) is 6.56. The van der Waals surface area contributed by atoms with Crippen molar-refractivity contribution in [1.29, 1.82) is 0 Å². The number of carbonyl (C=O) groups excluding carboxylic acids is 1. The lowest BCUT2D eigenvalue weighted by atomic mass is 10.1. The third kappa shape index (κ3) is 4.47. The summed E-state index contributed by atoms with van der Waals surface area (Å²) in [6, 6.07) is 12.9. The summed E-state index contributed by atoms with van der Waals surface area (Å²) in [6.07, 6.45) is 0. The van der Waals surface area contributed by atoms with Gasteiger partial charge in [0.2, 0.25) is 5.13 Å². The number of hydrogen-bond acceptors (Lipinski definition) is 8. The quantitative estimate of drug-likeness (QED) is 0.394. The highest BCUT2D eigenvalue weighted by Gasteiger charge is 2.17. The van der Waals surface area contributed by atoms with Gasteiger partial charge in [0.05, 0.1) is 32.4 Å². The smallest absolute Gasteiger partial charge is 0.265 e. The molecule has 0 saturated heterocycles. The lowest BCUT2D eigenvalue weighted by molar-refractivity contribution is 0.0831. The fraction of sp³-hybridized carbons (Fsp3) is 0.240. The minimum absolute atomic E-state index is 0.0999. The van der Waals surface area contributed by atoms with Gasteiger partial charge in [-0.1, -0.05) is 11.3 Å². The second-order valence-corrected chi connectivity index (χ2v) is 8.63. The molecule has 0 N–H and O–H groups in total. The van der Waals surface area contributed by atoms with Crippen LogP contribution in [0.25, 0.3) is 22.3 Å². The van der Waals surface area contributed by atoms with Gasteiger partial charge in [-0.3, -0.25) is 4.79 Å². The Labute approximate surface area is 201 Å². The second-order valence-electron chi connectivity index (χ2n) is 7.65. The SMILES string of the molecule is COc1ccc2oc(-c3ccc(OC)c(OC)c3)cc(=Nc3nc(C)c(C(=O)N(C)C)s3)c2c1. The number of aromatic nitrogens is 1. The topological polar surface area (TPSA) is 86.4 Å². The van der Waals surface area contributed by atoms with Crippen LogP contribution >= 0.6 is 11.3 Å². The Bertz CT molecular complexity index is 1440. The van der Waals surface area contributed by atoms with E-state index >= 15 is 0 Å². The largest absolute Gasteiger partial charge is 0.497 e. The molecule has 0 aliphatic rings. The van der Waals surface area contributed by atoms with E-state index in [0.29, 0.717) is 49.7 Å². The molecule has 4 aromatic rings. The van der Waals surface area contributed by atoms with Crippen LogP contribution in [-0.4, -0.2) is 51.2 Å². The van der Waals surface area contributed by atoms with Crippen LogP contribution in [0.4, 0.5) is 5.13 Å². The third-order valence-electron chi connectivity index (χ3n) is 5.22. The highest BCUT2D eigenvalue weighted by molar-refractivity contribution is 7.17. The van der Waals surface area contributed by atoms with Gasteiger partial charge in [0.1, 0.15) is 22.0 Å². The van der Waals surface area contributed by atoms with Crippen molar-refractivity contribution in [1.82, 2.24) is 9.88 Å². The maximum atomic E-state index is 12.5. The molecule has 176 valence electrons. The van der Waals surface area contributed by atoms with Crippen molar-refractivity contribution >= 4 is 33.3 Å². The van der Waals surface area contributed by atoms with E-state index in [0.717, 1.165) is 10.9 Å². The van der Waals surface area contributed by atoms with Crippen LogP contribution in [0.2, 0.25) is 0 Å². The Hall–Kier alpha value is -3.85. The summed E-state index contributed by atoms with van der Waals surface area (Å²) in [6.45, 7) is 1.81. The monoisotopic (exact) mass is 479 g/mol. The minimum atomic E-state index is -0.0999. The number of nitrogens with zero attached hydrogens (tertiary/aromatic N) is 3. The Morgan fingerprint density at radius 2 is 1.76 bits per heavy atom. The molecule has 0 atom stereocenters. The van der Waals surface area contributed by atoms with Crippen molar-refractivity contribution in [3.63, 3.8) is 0 Å². The Morgan fingerprint density at radius 1 is 1.00 bits per heavy atom. The number of fused-ring (bicyclic) bond motifs is 1. The van der Waals surface area contributed by atoms with Crippen molar-refractivity contribution in [2.24, 2.45) is 4.99 Å². The molecule has 8 nitrogen and oxygen atoms in total. The van der Waals surface area contributed by atoms with E-state index in [-0.39, 0.29) is 5.91 Å². The fourth-order valence-corrected chi connectivity index (χ4v) is 4.41. The lowest BCUT2D eigenvalue weighted by Gasteiger charge is -2.10. The molecule has 9 heteroatoms. The van der Waals surface area contributed by atoms with Gasteiger partial charge >= 0.3 is 0 Å². The molecule has 0 aliphatic heterocycles. The van der Waals surface area contributed by atoms with E-state index in [1.165, 1.54) is 16.2 Å². The van der Waals surface area contributed by atoms with Crippen molar-refractivity contribution in [3.8, 4) is 28.6 Å². The van der Waals surface area contributed by atoms with Gasteiger partial charge in [-0.15, -0.1) is 0 Å². The first-order valence-electron chi connectivity index (χ1n) is 10.4. The van der Waals surface area contributed by atoms with Gasteiger partial charge in [0.25, 0.3) is 5.91 Å². The number of ether oxygens (including phenoxy) is 3. The van der Waals surface area contributed by atoms with E-state index in [2.05, 4.69) is 4.98 Å². The van der Waals surface area contributed by atoms with Gasteiger partial charge in [0.15, 0.2) is 11.5 Å². The molecule has 4 rings (SSSR count). The van der Waals surface area contributed by atoms with Crippen molar-refractivity contribution in [2.75, 3.05) is 35.4 Å². The highest BCUT2D eigenvalue weighted by atomic mass is 32.1. The van der Waals surface area contributed by atoms with E-state index < -0.39 is 0 Å². The summed E-state index contributed by atoms with van der Waals surface area (Å²) in [5.74, 6) is 2.38. The van der Waals surface area contributed by atoms with E-state index in [1.54, 1.807) is 35.4 Å². The first-order valence-corrected chi connectivity index (χ1v) is 11.2. The molecule has 0 saturated carbocycles. The lowest BCUT2D eigenvalue weighted by Crippen LogP contribution is -2.21. The molecule has 2 aromatic carbocycles. The summed E-state index contributed by atoms with van der Waals surface area (Å²) >= 11 is 1.25. The molecule has 34 heavy (non-hydrogen) atoms. The third-order valence-corrected chi connectivity index (χ3v) is 6.26. The number of amides is 1. The number of thiazole rings is 1. The number of aryl methyl sites for hydroxylation is 1. The number of hydrogen-bond donors (Lipinski definition) is 0. The predicted octanol–water partition coefficient (Wildman–Crippen LogP) is 4.82. The van der Waals surface area contributed by atoms with Crippen LogP contribution < -0.4 is 19.6 Å². The molecule has 1 amide bonds. The average molecular weight is 480 g/mol. The summed E-state index contributed by atoms with van der Waals surface area (Å²) in [5.41, 5.74) is 2.07. The molecule has 0 bridgehead atoms. The maximum Gasteiger partial charge on any atom is 0.265 e. The molecular formula is C25H25N3O5S. The molecular weight excluding hydrogens is 454 g/mol. The first-order chi connectivity index (χ1) is 16.3. The normalized spacial score (nSPS) is 11.5. The van der Waals surface area contributed by atoms with Crippen LogP contribution in [-0.2, 0) is 0 Å². The average Bonchev–Trinajstić information content (AvgIpc) is 3.22. The van der Waals surface area contributed by atoms with Crippen molar-refractivity contribution in [3.05, 3.63) is 58.4 Å². The van der Waals surface area contributed by atoms with Crippen LogP contribution in [0, 0.1) is 6.92 Å². The molecule has 2 heterocycles. The zero-order valence-corrected chi connectivity index (χ0v) is 20.6. The van der Waals surface area contributed by atoms with Gasteiger partial charge < -0.3 is 23.5 Å². The highest BCUT2D eigenvalue weighted by Crippen LogP contribution is 2.33. The van der Waals surface area contributed by atoms with E-state index in [4.69, 9.17) is 23.6 Å². The van der Waals surface area contributed by atoms with Crippen molar-refractivity contribution in [2.45, 2.75) is 6.92 Å². The zero-order valence-electron chi connectivity index (χ0n) is 19.8. The van der Waals surface area contributed by atoms with E-state index in [1.807, 2.05) is 49.4 Å². The van der Waals surface area contributed by atoms with Crippen LogP contribution in [0.5, 0.6) is 17.2 Å². The number of carbonyl (C=O) groups is 1. The molecule has 2 aromatic heterocycles. The van der Waals surface area contributed by atoms with Crippen LogP contribution in [0.3, 0.4) is 0 Å². The predicted molar refractivity (Wildman–Crippen MR) is 131 cm³/mol. The number of benzene rings is 2. The Morgan fingerprint density at radius 3 is 2.44 bits per heavy atom. The summed E-state index contributed by atoms with van der Waals surface area (Å²) in [4.78, 5) is 23.9. The summed E-state index contributed by atoms with van der Waals surface area (Å²) in [7, 11) is 8.21. The summed E-state index contributed by atoms with van der Waals surface area (Å²) in [5, 5.41) is 1.88. The van der Waals surface area contributed by atoms with Gasteiger partial charge in [-0.2, -0.15) is 0 Å². The van der Waals surface area contributed by atoms with Gasteiger partial charge in [-0.05, 0) is 43.3 Å². The maximum absolute atomic E-state index is 12.5. The minimum Gasteiger partial charge on any atom is -0.497 e. The molecule has 0 spiro atoms. The molecule has 0 unspecified atom stereocenters. The Balaban J connectivity index is 1.93. The number of rotatable bonds is 6. The fourth-order valence-electron chi connectivity index (χ4n) is 3.43. The van der Waals surface area contributed by atoms with Gasteiger partial charge in [-0.25, -0.2) is 9.98 Å². The molecule has 0 fully saturated rings. The zero-order chi connectivity index (χ0) is 24.4. The molecule has 0 aliphatic carbocycles. The molecule has 0 radical (unpaired) electrons. The van der Waals surface area contributed by atoms with E-state index in [9.17, 15) is 4.79 Å². The summed E-state index contributed by atoms with van der Waals surface area (Å²) < 4.78 is 22.4. The first kappa shape index (κ1) is 23.3. The number of methoxy groups -OCH3 is 3.